The first-order valence-electron chi connectivity index (χ1n) is 7.43. The number of nitrogens with one attached hydrogen (secondary N) is 1. The third-order valence-corrected chi connectivity index (χ3v) is 4.51. The van der Waals surface area contributed by atoms with Crippen LogP contribution in [0.15, 0.2) is 47.5 Å². The summed E-state index contributed by atoms with van der Waals surface area (Å²) < 4.78 is 23.7. The number of carbonyl (C=O) groups is 1. The fourth-order valence-corrected chi connectivity index (χ4v) is 3.16. The van der Waals surface area contributed by atoms with Crippen molar-refractivity contribution < 1.29 is 13.2 Å². The maximum absolute atomic E-state index is 12.1. The van der Waals surface area contributed by atoms with Crippen LogP contribution in [0.3, 0.4) is 0 Å². The van der Waals surface area contributed by atoms with Crippen molar-refractivity contribution >= 4 is 15.7 Å². The van der Waals surface area contributed by atoms with Crippen LogP contribution in [-0.4, -0.2) is 32.1 Å². The summed E-state index contributed by atoms with van der Waals surface area (Å²) in [6.07, 6.45) is 3.37. The second kappa shape index (κ2) is 7.75. The van der Waals surface area contributed by atoms with Crippen molar-refractivity contribution in [2.45, 2.75) is 18.2 Å². The lowest BCUT2D eigenvalue weighted by Crippen LogP contribution is -2.24. The molecule has 2 aromatic rings. The van der Waals surface area contributed by atoms with E-state index in [1.165, 1.54) is 6.07 Å². The summed E-state index contributed by atoms with van der Waals surface area (Å²) in [4.78, 5) is 16.4. The molecule has 1 aromatic carbocycles. The van der Waals surface area contributed by atoms with Crippen LogP contribution in [0.25, 0.3) is 0 Å². The predicted octanol–water partition coefficient (Wildman–Crippen LogP) is 1.83. The molecule has 1 heterocycles. The average Bonchev–Trinajstić information content (AvgIpc) is 2.58. The van der Waals surface area contributed by atoms with Crippen molar-refractivity contribution in [1.82, 2.24) is 10.3 Å². The van der Waals surface area contributed by atoms with Crippen LogP contribution in [0, 0.1) is 11.8 Å². The SMILES string of the molecule is CCc1ccc(C(=O)NCC#Cc2ccccn2)cc1S(C)(=O)=O. The number of amides is 1. The molecule has 0 fully saturated rings. The first kappa shape index (κ1) is 17.7. The molecule has 0 aliphatic carbocycles. The summed E-state index contributed by atoms with van der Waals surface area (Å²) >= 11 is 0. The van der Waals surface area contributed by atoms with E-state index in [4.69, 9.17) is 0 Å². The lowest BCUT2D eigenvalue weighted by Gasteiger charge is -2.08. The molecule has 24 heavy (non-hydrogen) atoms. The van der Waals surface area contributed by atoms with Gasteiger partial charge in [0.15, 0.2) is 9.84 Å². The van der Waals surface area contributed by atoms with E-state index in [-0.39, 0.29) is 17.3 Å². The molecular weight excluding hydrogens is 324 g/mol. The highest BCUT2D eigenvalue weighted by molar-refractivity contribution is 7.90. The van der Waals surface area contributed by atoms with E-state index in [9.17, 15) is 13.2 Å². The van der Waals surface area contributed by atoms with Gasteiger partial charge >= 0.3 is 0 Å². The molecule has 6 heteroatoms. The molecule has 0 saturated heterocycles. The quantitative estimate of drug-likeness (QED) is 0.860. The summed E-state index contributed by atoms with van der Waals surface area (Å²) in [6, 6.07) is 10.1. The topological polar surface area (TPSA) is 76.1 Å². The van der Waals surface area contributed by atoms with Gasteiger partial charge in [-0.2, -0.15) is 0 Å². The molecule has 0 aliphatic heterocycles. The van der Waals surface area contributed by atoms with Gasteiger partial charge in [-0.3, -0.25) is 4.79 Å². The van der Waals surface area contributed by atoms with Crippen molar-refractivity contribution in [3.63, 3.8) is 0 Å². The molecule has 0 bridgehead atoms. The molecule has 0 saturated carbocycles. The molecule has 0 atom stereocenters. The molecule has 1 aromatic heterocycles. The van der Waals surface area contributed by atoms with Crippen LogP contribution in [0.1, 0.15) is 28.5 Å². The highest BCUT2D eigenvalue weighted by Crippen LogP contribution is 2.18. The Morgan fingerprint density at radius 3 is 2.67 bits per heavy atom. The van der Waals surface area contributed by atoms with Crippen molar-refractivity contribution in [2.24, 2.45) is 0 Å². The van der Waals surface area contributed by atoms with Gasteiger partial charge < -0.3 is 5.32 Å². The second-order valence-corrected chi connectivity index (χ2v) is 7.13. The van der Waals surface area contributed by atoms with Gasteiger partial charge in [0.1, 0.15) is 5.69 Å². The van der Waals surface area contributed by atoms with Crippen LogP contribution in [0.5, 0.6) is 0 Å². The number of nitrogens with zero attached hydrogens (tertiary/aromatic N) is 1. The van der Waals surface area contributed by atoms with Gasteiger partial charge in [-0.1, -0.05) is 25.0 Å². The monoisotopic (exact) mass is 342 g/mol. The van der Waals surface area contributed by atoms with Gasteiger partial charge in [-0.15, -0.1) is 0 Å². The van der Waals surface area contributed by atoms with E-state index < -0.39 is 9.84 Å². The van der Waals surface area contributed by atoms with E-state index in [0.717, 1.165) is 6.26 Å². The van der Waals surface area contributed by atoms with E-state index in [1.54, 1.807) is 30.5 Å². The Kier molecular flexibility index (Phi) is 5.72. The van der Waals surface area contributed by atoms with Crippen molar-refractivity contribution in [1.29, 1.82) is 0 Å². The molecule has 124 valence electrons. The molecule has 0 unspecified atom stereocenters. The maximum atomic E-state index is 12.1. The number of pyridine rings is 1. The zero-order valence-corrected chi connectivity index (χ0v) is 14.4. The van der Waals surface area contributed by atoms with Crippen molar-refractivity contribution in [3.05, 3.63) is 59.4 Å². The van der Waals surface area contributed by atoms with Gasteiger partial charge in [0.05, 0.1) is 11.4 Å². The largest absolute Gasteiger partial charge is 0.341 e. The first-order chi connectivity index (χ1) is 11.4. The number of hydrogen-bond acceptors (Lipinski definition) is 4. The van der Waals surface area contributed by atoms with E-state index in [2.05, 4.69) is 22.1 Å². The summed E-state index contributed by atoms with van der Waals surface area (Å²) in [5.41, 5.74) is 1.62. The molecular formula is C18H18N2O3S. The third kappa shape index (κ3) is 4.67. The summed E-state index contributed by atoms with van der Waals surface area (Å²) in [7, 11) is -3.38. The highest BCUT2D eigenvalue weighted by Gasteiger charge is 2.15. The number of aryl methyl sites for hydroxylation is 1. The van der Waals surface area contributed by atoms with Crippen LogP contribution in [0.4, 0.5) is 0 Å². The molecule has 0 radical (unpaired) electrons. The average molecular weight is 342 g/mol. The normalized spacial score (nSPS) is 10.6. The minimum atomic E-state index is -3.38. The van der Waals surface area contributed by atoms with Gasteiger partial charge in [0.25, 0.3) is 5.91 Å². The molecule has 2 rings (SSSR count). The smallest absolute Gasteiger partial charge is 0.252 e. The Morgan fingerprint density at radius 1 is 1.25 bits per heavy atom. The number of rotatable bonds is 4. The Hall–Kier alpha value is -2.65. The van der Waals surface area contributed by atoms with Crippen molar-refractivity contribution in [3.8, 4) is 11.8 Å². The van der Waals surface area contributed by atoms with E-state index >= 15 is 0 Å². The standard InChI is InChI=1S/C18H18N2O3S/c1-3-14-9-10-15(13-17(14)24(2,22)23)18(21)20-12-6-8-16-7-4-5-11-19-16/h4-5,7,9-11,13H,3,12H2,1-2H3,(H,20,21). The minimum Gasteiger partial charge on any atom is -0.341 e. The summed E-state index contributed by atoms with van der Waals surface area (Å²) in [6.45, 7) is 2.02. The predicted molar refractivity (Wildman–Crippen MR) is 92.4 cm³/mol. The summed E-state index contributed by atoms with van der Waals surface area (Å²) in [5, 5.41) is 2.65. The zero-order valence-electron chi connectivity index (χ0n) is 13.5. The fourth-order valence-electron chi connectivity index (χ4n) is 2.13. The number of aromatic nitrogens is 1. The Balaban J connectivity index is 2.09. The molecule has 0 spiro atoms. The van der Waals surface area contributed by atoms with Crippen LogP contribution in [0.2, 0.25) is 0 Å². The Bertz CT molecular complexity index is 895. The van der Waals surface area contributed by atoms with E-state index in [0.29, 0.717) is 23.2 Å². The molecule has 5 nitrogen and oxygen atoms in total. The number of hydrogen-bond donors (Lipinski definition) is 1. The Morgan fingerprint density at radius 2 is 2.04 bits per heavy atom. The van der Waals surface area contributed by atoms with E-state index in [1.807, 2.05) is 13.0 Å². The van der Waals surface area contributed by atoms with Crippen LogP contribution < -0.4 is 5.32 Å². The first-order valence-corrected chi connectivity index (χ1v) is 9.32. The van der Waals surface area contributed by atoms with Crippen molar-refractivity contribution in [2.75, 3.05) is 12.8 Å². The summed E-state index contributed by atoms with van der Waals surface area (Å²) in [5.74, 6) is 5.28. The minimum absolute atomic E-state index is 0.152. The Labute approximate surface area is 142 Å². The zero-order chi connectivity index (χ0) is 17.6. The fraction of sp³-hybridized carbons (Fsp3) is 0.222. The lowest BCUT2D eigenvalue weighted by molar-refractivity contribution is 0.0958. The number of benzene rings is 1. The lowest BCUT2D eigenvalue weighted by atomic mass is 10.1. The third-order valence-electron chi connectivity index (χ3n) is 3.33. The second-order valence-electron chi connectivity index (χ2n) is 5.15. The maximum Gasteiger partial charge on any atom is 0.252 e. The number of sulfone groups is 1. The molecule has 1 amide bonds. The van der Waals surface area contributed by atoms with Gasteiger partial charge in [0.2, 0.25) is 0 Å². The molecule has 0 aliphatic rings. The van der Waals surface area contributed by atoms with Crippen LogP contribution >= 0.6 is 0 Å². The highest BCUT2D eigenvalue weighted by atomic mass is 32.2. The van der Waals surface area contributed by atoms with Gasteiger partial charge in [-0.05, 0) is 42.2 Å². The van der Waals surface area contributed by atoms with Gasteiger partial charge in [-0.25, -0.2) is 13.4 Å². The molecule has 1 N–H and O–H groups in total. The van der Waals surface area contributed by atoms with Crippen LogP contribution in [-0.2, 0) is 16.3 Å². The van der Waals surface area contributed by atoms with Gasteiger partial charge in [0, 0.05) is 18.0 Å². The number of carbonyl (C=O) groups excluding carboxylic acids is 1.